The number of ether oxygens (including phenoxy) is 1. The van der Waals surface area contributed by atoms with Crippen LogP contribution in [-0.2, 0) is 32.4 Å². The Bertz CT molecular complexity index is 1370. The van der Waals surface area contributed by atoms with Gasteiger partial charge in [-0.2, -0.15) is 13.2 Å². The molecule has 0 saturated carbocycles. The van der Waals surface area contributed by atoms with Crippen LogP contribution in [0.25, 0.3) is 12.2 Å². The molecule has 1 N–H and O–H groups in total. The molecule has 0 unspecified atom stereocenters. The highest BCUT2D eigenvalue weighted by Crippen LogP contribution is 2.29. The largest absolute Gasteiger partial charge is 0.487 e. The lowest BCUT2D eigenvalue weighted by atomic mass is 10.0. The number of halogens is 3. The molecule has 0 fully saturated rings. The van der Waals surface area contributed by atoms with Crippen LogP contribution in [0.5, 0.6) is 5.75 Å². The summed E-state index contributed by atoms with van der Waals surface area (Å²) in [5.41, 5.74) is 2.99. The van der Waals surface area contributed by atoms with E-state index in [4.69, 9.17) is 9.15 Å². The van der Waals surface area contributed by atoms with Gasteiger partial charge in [0.2, 0.25) is 5.89 Å². The van der Waals surface area contributed by atoms with E-state index in [1.807, 2.05) is 22.9 Å². The smallest absolute Gasteiger partial charge is 0.416 e. The highest BCUT2D eigenvalue weighted by Gasteiger charge is 2.29. The Labute approximate surface area is 219 Å². The van der Waals surface area contributed by atoms with Gasteiger partial charge in [-0.25, -0.2) is 9.97 Å². The number of aryl methyl sites for hydroxylation is 4. The van der Waals surface area contributed by atoms with E-state index in [-0.39, 0.29) is 13.2 Å². The molecular weight excluding hydrogens is 495 g/mol. The van der Waals surface area contributed by atoms with E-state index in [1.54, 1.807) is 25.3 Å². The summed E-state index contributed by atoms with van der Waals surface area (Å²) in [5.74, 6) is 2.40. The zero-order chi connectivity index (χ0) is 27.1. The maximum atomic E-state index is 12.7. The molecule has 0 spiro atoms. The number of hydrogen-bond acceptors (Lipinski definition) is 5. The van der Waals surface area contributed by atoms with E-state index in [0.717, 1.165) is 49.3 Å². The van der Waals surface area contributed by atoms with Gasteiger partial charge >= 0.3 is 6.18 Å². The third-order valence-electron chi connectivity index (χ3n) is 6.29. The first kappa shape index (κ1) is 27.2. The number of aliphatic hydroxyl groups excluding tert-OH is 1. The normalized spacial score (nSPS) is 11.9. The van der Waals surface area contributed by atoms with Crippen LogP contribution in [0.15, 0.2) is 59.3 Å². The molecule has 9 heteroatoms. The first-order chi connectivity index (χ1) is 18.2. The maximum Gasteiger partial charge on any atom is 0.416 e. The molecular formula is C29H30F3N3O3. The van der Waals surface area contributed by atoms with Crippen LogP contribution in [-0.4, -0.2) is 19.6 Å². The Morgan fingerprint density at radius 3 is 2.55 bits per heavy atom. The number of unbranched alkanes of at least 4 members (excludes halogenated alkanes) is 1. The summed E-state index contributed by atoms with van der Waals surface area (Å²) >= 11 is 0. The van der Waals surface area contributed by atoms with E-state index in [0.29, 0.717) is 28.7 Å². The van der Waals surface area contributed by atoms with Gasteiger partial charge in [-0.1, -0.05) is 18.2 Å². The third kappa shape index (κ3) is 7.13. The van der Waals surface area contributed by atoms with Gasteiger partial charge < -0.3 is 18.8 Å². The lowest BCUT2D eigenvalue weighted by molar-refractivity contribution is -0.137. The number of rotatable bonds is 11. The second-order valence-corrected chi connectivity index (χ2v) is 9.04. The summed E-state index contributed by atoms with van der Waals surface area (Å²) in [7, 11) is 0. The molecule has 0 aliphatic heterocycles. The van der Waals surface area contributed by atoms with Crippen molar-refractivity contribution < 1.29 is 27.4 Å². The predicted octanol–water partition coefficient (Wildman–Crippen LogP) is 6.77. The predicted molar refractivity (Wildman–Crippen MR) is 138 cm³/mol. The van der Waals surface area contributed by atoms with Crippen molar-refractivity contribution in [2.24, 2.45) is 0 Å². The fourth-order valence-corrected chi connectivity index (χ4v) is 4.09. The van der Waals surface area contributed by atoms with Crippen molar-refractivity contribution >= 4 is 12.2 Å². The van der Waals surface area contributed by atoms with Crippen molar-refractivity contribution in [3.05, 3.63) is 100 Å². The maximum absolute atomic E-state index is 12.7. The van der Waals surface area contributed by atoms with Crippen LogP contribution in [0.1, 0.15) is 58.3 Å². The summed E-state index contributed by atoms with van der Waals surface area (Å²) in [6.07, 6.45) is 5.46. The quantitative estimate of drug-likeness (QED) is 0.219. The van der Waals surface area contributed by atoms with Crippen LogP contribution in [0, 0.1) is 13.8 Å². The minimum atomic E-state index is -4.36. The molecule has 4 aromatic rings. The number of aliphatic hydroxyl groups is 1. The Balaban J connectivity index is 1.28. The van der Waals surface area contributed by atoms with Gasteiger partial charge in [-0.15, -0.1) is 0 Å². The molecule has 4 rings (SSSR count). The molecule has 0 radical (unpaired) electrons. The minimum absolute atomic E-state index is 0.0534. The highest BCUT2D eigenvalue weighted by atomic mass is 19.4. The zero-order valence-electron chi connectivity index (χ0n) is 21.3. The van der Waals surface area contributed by atoms with Crippen LogP contribution in [0.2, 0.25) is 0 Å². The third-order valence-corrected chi connectivity index (χ3v) is 6.29. The molecule has 0 aliphatic rings. The molecule has 0 bridgehead atoms. The molecule has 2 heterocycles. The standard InChI is InChI=1S/C29H30F3N3O3/c1-20-17-25(12-9-23(20)5-3-4-15-35-16-14-33-27(35)18-36)37-19-26-21(2)38-28(34-26)13-8-22-6-10-24(11-7-22)29(30,31)32/h6-14,16-17,36H,3-5,15,18-19H2,1-2H3/b13-8+. The van der Waals surface area contributed by atoms with Crippen LogP contribution < -0.4 is 4.74 Å². The molecule has 0 saturated heterocycles. The molecule has 0 amide bonds. The second-order valence-electron chi connectivity index (χ2n) is 9.04. The van der Waals surface area contributed by atoms with Crippen molar-refractivity contribution in [1.29, 1.82) is 0 Å². The molecule has 0 aliphatic carbocycles. The fraction of sp³-hybridized carbons (Fsp3) is 0.310. The molecule has 6 nitrogen and oxygen atoms in total. The fourth-order valence-electron chi connectivity index (χ4n) is 4.09. The van der Waals surface area contributed by atoms with Gasteiger partial charge in [0, 0.05) is 25.0 Å². The Morgan fingerprint density at radius 2 is 1.84 bits per heavy atom. The monoisotopic (exact) mass is 525 g/mol. The average molecular weight is 526 g/mol. The van der Waals surface area contributed by atoms with Crippen LogP contribution >= 0.6 is 0 Å². The van der Waals surface area contributed by atoms with Crippen molar-refractivity contribution in [2.45, 2.75) is 59.0 Å². The number of alkyl halides is 3. The van der Waals surface area contributed by atoms with E-state index in [1.165, 1.54) is 17.7 Å². The average Bonchev–Trinajstić information content (AvgIpc) is 3.50. The van der Waals surface area contributed by atoms with Crippen molar-refractivity contribution in [3.63, 3.8) is 0 Å². The Morgan fingerprint density at radius 1 is 1.05 bits per heavy atom. The van der Waals surface area contributed by atoms with Crippen molar-refractivity contribution in [3.8, 4) is 5.75 Å². The summed E-state index contributed by atoms with van der Waals surface area (Å²) in [6, 6.07) is 10.9. The lowest BCUT2D eigenvalue weighted by Gasteiger charge is -2.10. The molecule has 2 aromatic heterocycles. The van der Waals surface area contributed by atoms with E-state index in [2.05, 4.69) is 23.0 Å². The summed E-state index contributed by atoms with van der Waals surface area (Å²) in [5, 5.41) is 9.30. The Kier molecular flexibility index (Phi) is 8.68. The number of aromatic nitrogens is 3. The van der Waals surface area contributed by atoms with Crippen molar-refractivity contribution in [2.75, 3.05) is 0 Å². The lowest BCUT2D eigenvalue weighted by Crippen LogP contribution is -2.03. The first-order valence-corrected chi connectivity index (χ1v) is 12.4. The summed E-state index contributed by atoms with van der Waals surface area (Å²) in [6.45, 7) is 4.87. The van der Waals surface area contributed by atoms with Gasteiger partial charge in [0.05, 0.1) is 5.56 Å². The van der Waals surface area contributed by atoms with Crippen LogP contribution in [0.4, 0.5) is 13.2 Å². The number of nitrogens with zero attached hydrogens (tertiary/aromatic N) is 3. The topological polar surface area (TPSA) is 73.3 Å². The Hall–Kier alpha value is -3.85. The number of benzene rings is 2. The zero-order valence-corrected chi connectivity index (χ0v) is 21.3. The molecule has 38 heavy (non-hydrogen) atoms. The highest BCUT2D eigenvalue weighted by molar-refractivity contribution is 5.66. The minimum Gasteiger partial charge on any atom is -0.487 e. The van der Waals surface area contributed by atoms with E-state index in [9.17, 15) is 18.3 Å². The number of imidazole rings is 1. The van der Waals surface area contributed by atoms with Gasteiger partial charge in [0.15, 0.2) is 0 Å². The van der Waals surface area contributed by atoms with Crippen LogP contribution in [0.3, 0.4) is 0 Å². The SMILES string of the molecule is Cc1cc(OCc2nc(/C=C/c3ccc(C(F)(F)F)cc3)oc2C)ccc1CCCCn1ccnc1CO. The van der Waals surface area contributed by atoms with Crippen molar-refractivity contribution in [1.82, 2.24) is 14.5 Å². The van der Waals surface area contributed by atoms with E-state index >= 15 is 0 Å². The molecule has 0 atom stereocenters. The van der Waals surface area contributed by atoms with Gasteiger partial charge in [-0.3, -0.25) is 0 Å². The van der Waals surface area contributed by atoms with Gasteiger partial charge in [0.25, 0.3) is 0 Å². The summed E-state index contributed by atoms with van der Waals surface area (Å²) in [4.78, 5) is 8.57. The number of hydrogen-bond donors (Lipinski definition) is 1. The number of oxazole rings is 1. The van der Waals surface area contributed by atoms with Gasteiger partial charge in [0.1, 0.15) is 36.2 Å². The molecule has 2 aromatic carbocycles. The first-order valence-electron chi connectivity index (χ1n) is 12.4. The summed E-state index contributed by atoms with van der Waals surface area (Å²) < 4.78 is 51.7. The second kappa shape index (κ2) is 12.1. The molecule has 200 valence electrons. The van der Waals surface area contributed by atoms with Gasteiger partial charge in [-0.05, 0) is 80.1 Å². The van der Waals surface area contributed by atoms with E-state index < -0.39 is 11.7 Å².